The zero-order chi connectivity index (χ0) is 30.3. The molecule has 2 amide bonds. The van der Waals surface area contributed by atoms with Gasteiger partial charge in [0, 0.05) is 11.3 Å². The molecule has 0 fully saturated rings. The first kappa shape index (κ1) is 32.0. The maximum Gasteiger partial charge on any atom is 0.405 e. The highest BCUT2D eigenvalue weighted by atomic mass is 33.1. The van der Waals surface area contributed by atoms with Gasteiger partial charge in [0.15, 0.2) is 5.78 Å². The van der Waals surface area contributed by atoms with Gasteiger partial charge in [-0.2, -0.15) is 0 Å². The van der Waals surface area contributed by atoms with Crippen LogP contribution in [-0.2, 0) is 32.3 Å². The smallest absolute Gasteiger partial charge is 0.405 e. The molecule has 11 nitrogen and oxygen atoms in total. The number of esters is 2. The number of carbonyl (C=O) groups is 5. The monoisotopic (exact) mass is 612 g/mol. The summed E-state index contributed by atoms with van der Waals surface area (Å²) in [4.78, 5) is 62.3. The van der Waals surface area contributed by atoms with Gasteiger partial charge in [-0.3, -0.25) is 4.79 Å². The summed E-state index contributed by atoms with van der Waals surface area (Å²) in [6.45, 7) is -0.234. The molecular weight excluding hydrogens is 584 g/mol. The van der Waals surface area contributed by atoms with Crippen LogP contribution in [0.3, 0.4) is 0 Å². The predicted octanol–water partition coefficient (Wildman–Crippen LogP) is 4.38. The van der Waals surface area contributed by atoms with Gasteiger partial charge < -0.3 is 30.3 Å². The lowest BCUT2D eigenvalue weighted by Gasteiger charge is -2.24. The second-order valence-corrected chi connectivity index (χ2v) is 11.2. The molecule has 42 heavy (non-hydrogen) atoms. The van der Waals surface area contributed by atoms with Crippen LogP contribution in [0.1, 0.15) is 21.5 Å². The molecule has 0 aliphatic carbocycles. The van der Waals surface area contributed by atoms with Crippen LogP contribution in [-0.4, -0.2) is 63.2 Å². The van der Waals surface area contributed by atoms with Gasteiger partial charge in [0.1, 0.15) is 30.5 Å². The highest BCUT2D eigenvalue weighted by Crippen LogP contribution is 2.33. The number of nitrogens with one attached hydrogen (secondary N) is 2. The number of hydrogen-bond acceptors (Lipinski definition) is 9. The van der Waals surface area contributed by atoms with Crippen molar-refractivity contribution in [3.63, 3.8) is 0 Å². The van der Waals surface area contributed by atoms with Crippen molar-refractivity contribution in [2.75, 3.05) is 5.75 Å². The summed E-state index contributed by atoms with van der Waals surface area (Å²) < 4.78 is 10.6. The van der Waals surface area contributed by atoms with Gasteiger partial charge in [-0.15, -0.1) is 0 Å². The van der Waals surface area contributed by atoms with Crippen molar-refractivity contribution in [2.24, 2.45) is 0 Å². The van der Waals surface area contributed by atoms with Crippen LogP contribution >= 0.6 is 21.6 Å². The average Bonchev–Trinajstić information content (AvgIpc) is 3.00. The number of amides is 2. The Morgan fingerprint density at radius 1 is 0.667 bits per heavy atom. The van der Waals surface area contributed by atoms with Gasteiger partial charge in [-0.25, -0.2) is 19.2 Å². The van der Waals surface area contributed by atoms with E-state index in [-0.39, 0.29) is 24.5 Å². The summed E-state index contributed by atoms with van der Waals surface area (Å²) in [6.07, 6.45) is -3.02. The Hall–Kier alpha value is -4.49. The second kappa shape index (κ2) is 16.7. The van der Waals surface area contributed by atoms with Crippen LogP contribution in [0.15, 0.2) is 91.0 Å². The third kappa shape index (κ3) is 10.5. The van der Waals surface area contributed by atoms with Crippen molar-refractivity contribution in [2.45, 2.75) is 30.5 Å². The zero-order valence-electron chi connectivity index (χ0n) is 22.1. The standard InChI is InChI=1S/C29H28N2O9S2/c32-24(21-14-8-3-9-15-21)25(23(31-29(37)38)27(34)40-17-20-12-6-2-7-13-20)42-41-18-22(30-28(35)36)26(33)39-16-19-10-4-1-5-11-19/h1-15,22-23,25,30-31H,16-18H2,(H,35,36)(H,37,38)/t22-,23-,25?/m0/s1. The lowest BCUT2D eigenvalue weighted by atomic mass is 10.0. The van der Waals surface area contributed by atoms with Gasteiger partial charge >= 0.3 is 24.1 Å². The fourth-order valence-corrected chi connectivity index (χ4v) is 6.33. The largest absolute Gasteiger partial charge is 0.465 e. The predicted molar refractivity (Wildman–Crippen MR) is 157 cm³/mol. The van der Waals surface area contributed by atoms with E-state index in [4.69, 9.17) is 9.47 Å². The number of carboxylic acid groups (broad SMARTS) is 2. The van der Waals surface area contributed by atoms with Crippen LogP contribution in [0.2, 0.25) is 0 Å². The Morgan fingerprint density at radius 3 is 1.64 bits per heavy atom. The first-order valence-electron chi connectivity index (χ1n) is 12.5. The molecule has 3 aromatic rings. The summed E-state index contributed by atoms with van der Waals surface area (Å²) in [7, 11) is 1.71. The lowest BCUT2D eigenvalue weighted by molar-refractivity contribution is -0.147. The minimum Gasteiger partial charge on any atom is -0.465 e. The van der Waals surface area contributed by atoms with Crippen LogP contribution in [0.4, 0.5) is 9.59 Å². The zero-order valence-corrected chi connectivity index (χ0v) is 23.7. The normalized spacial score (nSPS) is 12.7. The number of benzene rings is 3. The summed E-state index contributed by atoms with van der Waals surface area (Å²) in [5.41, 5.74) is 1.57. The molecule has 0 radical (unpaired) electrons. The molecule has 0 aliphatic heterocycles. The molecule has 0 aromatic heterocycles. The van der Waals surface area contributed by atoms with Crippen LogP contribution in [0, 0.1) is 0 Å². The minimum atomic E-state index is -1.62. The Bertz CT molecular complexity index is 1340. The molecule has 0 aliphatic rings. The van der Waals surface area contributed by atoms with Crippen molar-refractivity contribution in [1.82, 2.24) is 10.6 Å². The fraction of sp³-hybridized carbons (Fsp3) is 0.207. The molecule has 0 saturated carbocycles. The van der Waals surface area contributed by atoms with E-state index in [0.717, 1.165) is 21.6 Å². The Morgan fingerprint density at radius 2 is 1.14 bits per heavy atom. The molecule has 0 bridgehead atoms. The van der Waals surface area contributed by atoms with Gasteiger partial charge in [0.25, 0.3) is 0 Å². The summed E-state index contributed by atoms with van der Waals surface area (Å²) in [5.74, 6) is -2.59. The third-order valence-corrected chi connectivity index (χ3v) is 8.33. The van der Waals surface area contributed by atoms with Crippen molar-refractivity contribution in [3.8, 4) is 0 Å². The number of Topliss-reactive ketones (excluding diaryl/α,β-unsaturated/α-hetero) is 1. The molecule has 4 N–H and O–H groups in total. The topological polar surface area (TPSA) is 168 Å². The minimum absolute atomic E-state index is 0.0811. The summed E-state index contributed by atoms with van der Waals surface area (Å²) in [6, 6.07) is 22.5. The van der Waals surface area contributed by atoms with E-state index < -0.39 is 47.2 Å². The van der Waals surface area contributed by atoms with Crippen molar-refractivity contribution >= 4 is 51.5 Å². The molecule has 3 aromatic carbocycles. The molecule has 0 saturated heterocycles. The highest BCUT2D eigenvalue weighted by molar-refractivity contribution is 8.77. The van der Waals surface area contributed by atoms with Gasteiger partial charge in [0.2, 0.25) is 0 Å². The molecular formula is C29H28N2O9S2. The van der Waals surface area contributed by atoms with E-state index in [0.29, 0.717) is 11.1 Å². The number of carbonyl (C=O) groups excluding carboxylic acids is 3. The number of hydrogen-bond donors (Lipinski definition) is 4. The second-order valence-electron chi connectivity index (χ2n) is 8.65. The van der Waals surface area contributed by atoms with E-state index in [9.17, 15) is 34.2 Å². The van der Waals surface area contributed by atoms with Crippen molar-refractivity contribution in [1.29, 1.82) is 0 Å². The van der Waals surface area contributed by atoms with E-state index in [1.54, 1.807) is 78.9 Å². The Kier molecular flexibility index (Phi) is 12.7. The first-order valence-corrected chi connectivity index (χ1v) is 14.9. The first-order chi connectivity index (χ1) is 20.2. The van der Waals surface area contributed by atoms with E-state index in [2.05, 4.69) is 10.6 Å². The lowest BCUT2D eigenvalue weighted by Crippen LogP contribution is -2.50. The fourth-order valence-electron chi connectivity index (χ4n) is 3.55. The molecule has 3 rings (SSSR count). The summed E-state index contributed by atoms with van der Waals surface area (Å²) in [5, 5.41) is 21.6. The van der Waals surface area contributed by atoms with Crippen LogP contribution < -0.4 is 10.6 Å². The molecule has 13 heteroatoms. The molecule has 220 valence electrons. The maximum absolute atomic E-state index is 13.5. The molecule has 3 atom stereocenters. The van der Waals surface area contributed by atoms with Gasteiger partial charge in [0.05, 0.1) is 0 Å². The Balaban J connectivity index is 1.76. The molecule has 1 unspecified atom stereocenters. The van der Waals surface area contributed by atoms with E-state index in [1.165, 1.54) is 12.1 Å². The average molecular weight is 613 g/mol. The molecule has 0 spiro atoms. The quantitative estimate of drug-likeness (QED) is 0.109. The maximum atomic E-state index is 13.5. The number of ketones is 1. The van der Waals surface area contributed by atoms with Crippen molar-refractivity contribution < 1.29 is 43.7 Å². The van der Waals surface area contributed by atoms with E-state index >= 15 is 0 Å². The van der Waals surface area contributed by atoms with Crippen LogP contribution in [0.25, 0.3) is 0 Å². The third-order valence-electron chi connectivity index (χ3n) is 5.59. The van der Waals surface area contributed by atoms with Gasteiger partial charge in [-0.1, -0.05) is 113 Å². The SMILES string of the molecule is O=C(O)N[C@@H](CSSC(C(=O)c1ccccc1)[C@H](NC(=O)O)C(=O)OCc1ccccc1)C(=O)OCc1ccccc1. The van der Waals surface area contributed by atoms with Crippen LogP contribution in [0.5, 0.6) is 0 Å². The van der Waals surface area contributed by atoms with E-state index in [1.807, 2.05) is 0 Å². The number of rotatable bonds is 15. The highest BCUT2D eigenvalue weighted by Gasteiger charge is 2.38. The Labute approximate surface area is 249 Å². The van der Waals surface area contributed by atoms with Gasteiger partial charge in [-0.05, 0) is 11.1 Å². The molecule has 0 heterocycles. The number of ether oxygens (including phenoxy) is 2. The van der Waals surface area contributed by atoms with Crippen molar-refractivity contribution in [3.05, 3.63) is 108 Å². The summed E-state index contributed by atoms with van der Waals surface area (Å²) >= 11 is 0.